The van der Waals surface area contributed by atoms with Gasteiger partial charge in [0.05, 0.1) is 22.0 Å². The summed E-state index contributed by atoms with van der Waals surface area (Å²) in [7, 11) is 0. The van der Waals surface area contributed by atoms with E-state index in [2.05, 4.69) is 41.9 Å². The Balaban J connectivity index is 2.25. The lowest BCUT2D eigenvalue weighted by Crippen LogP contribution is -2.25. The molecule has 12 heteroatoms. The van der Waals surface area contributed by atoms with Crippen molar-refractivity contribution in [3.05, 3.63) is 71.1 Å². The van der Waals surface area contributed by atoms with Crippen LogP contribution in [0.15, 0.2) is 49.2 Å². The molecule has 1 heterocycles. The molecule has 34 heavy (non-hydrogen) atoms. The van der Waals surface area contributed by atoms with Crippen LogP contribution in [-0.2, 0) is 4.79 Å². The van der Waals surface area contributed by atoms with Crippen molar-refractivity contribution in [1.29, 1.82) is 0 Å². The Hall–Kier alpha value is -3.12. The van der Waals surface area contributed by atoms with E-state index in [9.17, 15) is 24.8 Å². The highest BCUT2D eigenvalue weighted by Crippen LogP contribution is 2.34. The Bertz CT molecular complexity index is 1370. The van der Waals surface area contributed by atoms with E-state index in [1.165, 1.54) is 25.3 Å². The summed E-state index contributed by atoms with van der Waals surface area (Å²) in [5.41, 5.74) is -0.222. The molecule has 0 saturated carbocycles. The number of carboxylic acid groups (broad SMARTS) is 1. The van der Waals surface area contributed by atoms with Gasteiger partial charge in [0, 0.05) is 26.5 Å². The van der Waals surface area contributed by atoms with Crippen LogP contribution >= 0.6 is 31.9 Å². The zero-order chi connectivity index (χ0) is 25.2. The van der Waals surface area contributed by atoms with Crippen LogP contribution in [0.1, 0.15) is 44.5 Å². The van der Waals surface area contributed by atoms with E-state index in [1.54, 1.807) is 18.2 Å². The molecule has 10 nitrogen and oxygen atoms in total. The molecule has 0 aliphatic heterocycles. The molecule has 0 bridgehead atoms. The molecule has 2 atom stereocenters. The van der Waals surface area contributed by atoms with E-state index in [-0.39, 0.29) is 17.2 Å². The van der Waals surface area contributed by atoms with Crippen molar-refractivity contribution in [2.75, 3.05) is 0 Å². The van der Waals surface area contributed by atoms with Gasteiger partial charge in [-0.2, -0.15) is 9.78 Å². The number of aliphatic carboxylic acids is 1. The van der Waals surface area contributed by atoms with Crippen molar-refractivity contribution in [1.82, 2.24) is 9.66 Å². The molecule has 0 unspecified atom stereocenters. The van der Waals surface area contributed by atoms with Gasteiger partial charge >= 0.3 is 11.7 Å². The third kappa shape index (κ3) is 5.33. The highest BCUT2D eigenvalue weighted by atomic mass is 79.9. The number of fused-ring (bicyclic) bond motifs is 1. The first-order valence-electron chi connectivity index (χ1n) is 10.2. The van der Waals surface area contributed by atoms with Gasteiger partial charge in [0.1, 0.15) is 5.82 Å². The number of halogens is 2. The number of nitrogens with zero attached hydrogens (tertiary/aromatic N) is 4. The number of aromatic nitrogens is 2. The van der Waals surface area contributed by atoms with Crippen molar-refractivity contribution in [2.45, 2.75) is 39.2 Å². The number of benzene rings is 2. The second-order valence-electron chi connectivity index (χ2n) is 7.50. The maximum absolute atomic E-state index is 13.3. The first kappa shape index (κ1) is 25.5. The highest BCUT2D eigenvalue weighted by molar-refractivity contribution is 9.10. The summed E-state index contributed by atoms with van der Waals surface area (Å²) in [6.07, 6.45) is 0.558. The lowest BCUT2D eigenvalue weighted by atomic mass is 10.1. The van der Waals surface area contributed by atoms with Crippen LogP contribution in [0.5, 0.6) is 5.75 Å². The molecule has 0 saturated heterocycles. The van der Waals surface area contributed by atoms with E-state index in [4.69, 9.17) is 4.74 Å². The fraction of sp³-hybridized carbons (Fsp3) is 0.273. The highest BCUT2D eigenvalue weighted by Gasteiger charge is 2.25. The van der Waals surface area contributed by atoms with Crippen LogP contribution < -0.4 is 10.3 Å². The number of carbonyl (C=O) groups is 1. The van der Waals surface area contributed by atoms with E-state index in [0.29, 0.717) is 32.1 Å². The maximum Gasteiger partial charge on any atom is 0.344 e. The van der Waals surface area contributed by atoms with Gasteiger partial charge in [-0.3, -0.25) is 14.9 Å². The second-order valence-corrected chi connectivity index (χ2v) is 9.33. The Morgan fingerprint density at radius 1 is 1.29 bits per heavy atom. The van der Waals surface area contributed by atoms with Crippen LogP contribution in [-0.4, -0.2) is 38.0 Å². The smallest absolute Gasteiger partial charge is 0.344 e. The molecule has 178 valence electrons. The SMILES string of the molecule is CC[C@@H](C)c1nc2ccc(Br)cc2c(=O)n1N=Cc1cc(Br)cc([N+](=O)[O-])c1O[C@@H](C)C(=O)O. The molecule has 0 spiro atoms. The lowest BCUT2D eigenvalue weighted by molar-refractivity contribution is -0.386. The predicted octanol–water partition coefficient (Wildman–Crippen LogP) is 5.08. The molecule has 2 aromatic carbocycles. The van der Waals surface area contributed by atoms with Gasteiger partial charge in [0.25, 0.3) is 5.56 Å². The van der Waals surface area contributed by atoms with E-state index >= 15 is 0 Å². The molecule has 3 rings (SSSR count). The van der Waals surface area contributed by atoms with Crippen molar-refractivity contribution in [2.24, 2.45) is 5.10 Å². The molecule has 3 aromatic rings. The van der Waals surface area contributed by atoms with E-state index in [1.807, 2.05) is 13.8 Å². The molecule has 1 aromatic heterocycles. The number of nitro benzene ring substituents is 1. The largest absolute Gasteiger partial charge is 0.479 e. The molecule has 0 amide bonds. The average molecular weight is 596 g/mol. The summed E-state index contributed by atoms with van der Waals surface area (Å²) >= 11 is 6.57. The van der Waals surface area contributed by atoms with Crippen LogP contribution in [0.25, 0.3) is 10.9 Å². The third-order valence-electron chi connectivity index (χ3n) is 5.10. The topological polar surface area (TPSA) is 137 Å². The summed E-state index contributed by atoms with van der Waals surface area (Å²) < 4.78 is 7.60. The number of hydrogen-bond acceptors (Lipinski definition) is 7. The molecule has 0 aliphatic carbocycles. The summed E-state index contributed by atoms with van der Waals surface area (Å²) in [4.78, 5) is 40.1. The average Bonchev–Trinajstić information content (AvgIpc) is 2.78. The first-order valence-corrected chi connectivity index (χ1v) is 11.8. The summed E-state index contributed by atoms with van der Waals surface area (Å²) in [6, 6.07) is 7.85. The number of hydrogen-bond donors (Lipinski definition) is 1. The Morgan fingerprint density at radius 3 is 2.62 bits per heavy atom. The van der Waals surface area contributed by atoms with Crippen LogP contribution in [0.2, 0.25) is 0 Å². The van der Waals surface area contributed by atoms with Crippen molar-refractivity contribution >= 4 is 60.6 Å². The van der Waals surface area contributed by atoms with Gasteiger partial charge in [0.15, 0.2) is 6.10 Å². The van der Waals surface area contributed by atoms with Crippen LogP contribution in [0, 0.1) is 10.1 Å². The minimum atomic E-state index is -1.36. The van der Waals surface area contributed by atoms with Gasteiger partial charge in [0.2, 0.25) is 5.75 Å². The third-order valence-corrected chi connectivity index (χ3v) is 6.05. The molecule has 0 radical (unpaired) electrons. The molecule has 0 fully saturated rings. The van der Waals surface area contributed by atoms with Crippen LogP contribution in [0.4, 0.5) is 5.69 Å². The summed E-state index contributed by atoms with van der Waals surface area (Å²) in [5.74, 6) is -1.26. The lowest BCUT2D eigenvalue weighted by Gasteiger charge is -2.15. The molecular weight excluding hydrogens is 576 g/mol. The molecular formula is C22H20Br2N4O6. The standard InChI is InChI=1S/C22H20Br2N4O6/c1-4-11(2)20-26-17-6-5-14(23)8-16(17)21(29)27(20)25-10-13-7-15(24)9-18(28(32)33)19(13)34-12(3)22(30)31/h5-12H,4H2,1-3H3,(H,30,31)/t11-,12+/m1/s1. The van der Waals surface area contributed by atoms with Crippen LogP contribution in [0.3, 0.4) is 0 Å². The monoisotopic (exact) mass is 594 g/mol. The Labute approximate surface area is 210 Å². The number of rotatable bonds is 8. The summed E-state index contributed by atoms with van der Waals surface area (Å²) in [5, 5.41) is 25.5. The van der Waals surface area contributed by atoms with Crippen molar-refractivity contribution < 1.29 is 19.6 Å². The van der Waals surface area contributed by atoms with Gasteiger partial charge in [-0.15, -0.1) is 0 Å². The Kier molecular flexibility index (Phi) is 7.82. The molecule has 0 aliphatic rings. The van der Waals surface area contributed by atoms with Gasteiger partial charge in [-0.1, -0.05) is 45.7 Å². The predicted molar refractivity (Wildman–Crippen MR) is 134 cm³/mol. The van der Waals surface area contributed by atoms with Crippen molar-refractivity contribution in [3.63, 3.8) is 0 Å². The number of ether oxygens (including phenoxy) is 1. The fourth-order valence-electron chi connectivity index (χ4n) is 3.09. The van der Waals surface area contributed by atoms with Gasteiger partial charge in [-0.05, 0) is 37.6 Å². The van der Waals surface area contributed by atoms with E-state index < -0.39 is 28.2 Å². The maximum atomic E-state index is 13.3. The van der Waals surface area contributed by atoms with Gasteiger partial charge in [-0.25, -0.2) is 9.78 Å². The number of carboxylic acids is 1. The summed E-state index contributed by atoms with van der Waals surface area (Å²) in [6.45, 7) is 5.12. The van der Waals surface area contributed by atoms with Crippen molar-refractivity contribution in [3.8, 4) is 5.75 Å². The second kappa shape index (κ2) is 10.4. The zero-order valence-electron chi connectivity index (χ0n) is 18.4. The van der Waals surface area contributed by atoms with Gasteiger partial charge < -0.3 is 9.84 Å². The number of nitro groups is 1. The quantitative estimate of drug-likeness (QED) is 0.218. The molecule has 1 N–H and O–H groups in total. The minimum Gasteiger partial charge on any atom is -0.479 e. The van der Waals surface area contributed by atoms with E-state index in [0.717, 1.165) is 4.68 Å². The fourth-order valence-corrected chi connectivity index (χ4v) is 3.91. The Morgan fingerprint density at radius 2 is 2.00 bits per heavy atom. The zero-order valence-corrected chi connectivity index (χ0v) is 21.5. The normalized spacial score (nSPS) is 13.2. The minimum absolute atomic E-state index is 0.113. The first-order chi connectivity index (χ1) is 16.0.